The van der Waals surface area contributed by atoms with Gasteiger partial charge in [-0.15, -0.1) is 12.4 Å². The van der Waals surface area contributed by atoms with Crippen molar-refractivity contribution in [1.29, 1.82) is 0 Å². The molecular weight excluding hydrogens is 291 g/mol. The molecule has 0 heterocycles. The smallest absolute Gasteiger partial charge is 0.159 e. The third kappa shape index (κ3) is 3.50. The van der Waals surface area contributed by atoms with Gasteiger partial charge in [0.2, 0.25) is 0 Å². The van der Waals surface area contributed by atoms with Crippen LogP contribution in [0.2, 0.25) is 0 Å². The summed E-state index contributed by atoms with van der Waals surface area (Å²) in [5.74, 6) is -2.47. The number of nitrogens with two attached hydrogens (primary N) is 1. The molecule has 0 aliphatic carbocycles. The SMILES string of the molecule is Cl.NC(c1ccc(F)cc1)C(O)c1ccc(F)c(F)c1. The van der Waals surface area contributed by atoms with E-state index in [1.807, 2.05) is 0 Å². The average Bonchev–Trinajstić information content (AvgIpc) is 2.41. The molecule has 2 rings (SSSR count). The van der Waals surface area contributed by atoms with Crippen molar-refractivity contribution in [3.8, 4) is 0 Å². The van der Waals surface area contributed by atoms with Gasteiger partial charge in [0.05, 0.1) is 12.1 Å². The molecule has 108 valence electrons. The molecule has 2 aromatic carbocycles. The fraction of sp³-hybridized carbons (Fsp3) is 0.143. The van der Waals surface area contributed by atoms with Crippen LogP contribution in [-0.4, -0.2) is 5.11 Å². The maximum absolute atomic E-state index is 13.1. The van der Waals surface area contributed by atoms with Gasteiger partial charge in [-0.3, -0.25) is 0 Å². The van der Waals surface area contributed by atoms with Gasteiger partial charge in [0.15, 0.2) is 11.6 Å². The third-order valence-electron chi connectivity index (χ3n) is 2.88. The second kappa shape index (κ2) is 6.74. The molecule has 0 radical (unpaired) electrons. The van der Waals surface area contributed by atoms with Gasteiger partial charge in [-0.05, 0) is 35.4 Å². The van der Waals surface area contributed by atoms with E-state index in [0.717, 1.165) is 12.1 Å². The van der Waals surface area contributed by atoms with Crippen molar-refractivity contribution < 1.29 is 18.3 Å². The Hall–Kier alpha value is -1.56. The van der Waals surface area contributed by atoms with Crippen LogP contribution in [0.5, 0.6) is 0 Å². The maximum atomic E-state index is 13.1. The van der Waals surface area contributed by atoms with Crippen LogP contribution < -0.4 is 5.73 Å². The minimum absolute atomic E-state index is 0. The molecule has 0 aliphatic rings. The minimum Gasteiger partial charge on any atom is -0.386 e. The molecule has 0 fully saturated rings. The van der Waals surface area contributed by atoms with E-state index < -0.39 is 29.6 Å². The van der Waals surface area contributed by atoms with Crippen LogP contribution in [0, 0.1) is 17.5 Å². The third-order valence-corrected chi connectivity index (χ3v) is 2.88. The van der Waals surface area contributed by atoms with Crippen molar-refractivity contribution in [1.82, 2.24) is 0 Å². The number of aliphatic hydroxyl groups is 1. The van der Waals surface area contributed by atoms with Crippen molar-refractivity contribution in [3.63, 3.8) is 0 Å². The second-order valence-electron chi connectivity index (χ2n) is 4.20. The van der Waals surface area contributed by atoms with Gasteiger partial charge < -0.3 is 10.8 Å². The van der Waals surface area contributed by atoms with Crippen molar-refractivity contribution >= 4 is 12.4 Å². The Morgan fingerprint density at radius 1 is 0.850 bits per heavy atom. The predicted molar refractivity (Wildman–Crippen MR) is 71.9 cm³/mol. The van der Waals surface area contributed by atoms with Crippen LogP contribution >= 0.6 is 12.4 Å². The van der Waals surface area contributed by atoms with Gasteiger partial charge in [0.1, 0.15) is 5.82 Å². The molecule has 2 nitrogen and oxygen atoms in total. The van der Waals surface area contributed by atoms with E-state index in [1.165, 1.54) is 30.3 Å². The fourth-order valence-corrected chi connectivity index (χ4v) is 1.77. The van der Waals surface area contributed by atoms with E-state index in [2.05, 4.69) is 0 Å². The van der Waals surface area contributed by atoms with Crippen LogP contribution in [0.3, 0.4) is 0 Å². The topological polar surface area (TPSA) is 46.2 Å². The number of rotatable bonds is 3. The highest BCUT2D eigenvalue weighted by atomic mass is 35.5. The molecule has 3 N–H and O–H groups in total. The van der Waals surface area contributed by atoms with Gasteiger partial charge in [-0.1, -0.05) is 18.2 Å². The van der Waals surface area contributed by atoms with Crippen molar-refractivity contribution in [2.75, 3.05) is 0 Å². The lowest BCUT2D eigenvalue weighted by molar-refractivity contribution is 0.146. The highest BCUT2D eigenvalue weighted by molar-refractivity contribution is 5.85. The van der Waals surface area contributed by atoms with Crippen molar-refractivity contribution in [2.24, 2.45) is 5.73 Å². The lowest BCUT2D eigenvalue weighted by atomic mass is 9.96. The van der Waals surface area contributed by atoms with Gasteiger partial charge in [0.25, 0.3) is 0 Å². The summed E-state index contributed by atoms with van der Waals surface area (Å²) in [4.78, 5) is 0. The molecule has 0 aromatic heterocycles. The zero-order valence-corrected chi connectivity index (χ0v) is 11.1. The Labute approximate surface area is 120 Å². The number of benzene rings is 2. The molecule has 2 unspecified atom stereocenters. The summed E-state index contributed by atoms with van der Waals surface area (Å²) in [6, 6.07) is 7.51. The first-order valence-electron chi connectivity index (χ1n) is 5.63. The molecule has 0 spiro atoms. The summed E-state index contributed by atoms with van der Waals surface area (Å²) in [5.41, 5.74) is 6.48. The molecule has 0 saturated carbocycles. The van der Waals surface area contributed by atoms with Crippen molar-refractivity contribution in [3.05, 3.63) is 71.0 Å². The molecule has 20 heavy (non-hydrogen) atoms. The summed E-state index contributed by atoms with van der Waals surface area (Å²) < 4.78 is 38.7. The van der Waals surface area contributed by atoms with Gasteiger partial charge in [-0.2, -0.15) is 0 Å². The number of aliphatic hydroxyl groups excluding tert-OH is 1. The molecule has 2 aromatic rings. The molecule has 0 saturated heterocycles. The quantitative estimate of drug-likeness (QED) is 0.914. The van der Waals surface area contributed by atoms with Crippen LogP contribution in [0.15, 0.2) is 42.5 Å². The Balaban J connectivity index is 0.00000200. The Morgan fingerprint density at radius 2 is 1.40 bits per heavy atom. The van der Waals surface area contributed by atoms with E-state index in [0.29, 0.717) is 5.56 Å². The average molecular weight is 304 g/mol. The lowest BCUT2D eigenvalue weighted by Gasteiger charge is -2.19. The molecule has 0 aliphatic heterocycles. The highest BCUT2D eigenvalue weighted by Crippen LogP contribution is 2.27. The monoisotopic (exact) mass is 303 g/mol. The van der Waals surface area contributed by atoms with Gasteiger partial charge in [-0.25, -0.2) is 13.2 Å². The second-order valence-corrected chi connectivity index (χ2v) is 4.20. The highest BCUT2D eigenvalue weighted by Gasteiger charge is 2.20. The Kier molecular flexibility index (Phi) is 5.56. The Morgan fingerprint density at radius 3 is 1.95 bits per heavy atom. The standard InChI is InChI=1S/C14H12F3NO.ClH/c15-10-4-1-8(2-5-10)13(18)14(19)9-3-6-11(16)12(17)7-9;/h1-7,13-14,19H,18H2;1H. The molecule has 2 atom stereocenters. The van der Waals surface area contributed by atoms with Crippen LogP contribution in [0.1, 0.15) is 23.3 Å². The van der Waals surface area contributed by atoms with E-state index in [4.69, 9.17) is 5.73 Å². The zero-order chi connectivity index (χ0) is 14.0. The molecule has 6 heteroatoms. The minimum atomic E-state index is -1.21. The van der Waals surface area contributed by atoms with Crippen LogP contribution in [-0.2, 0) is 0 Å². The summed E-state index contributed by atoms with van der Waals surface area (Å²) in [6.45, 7) is 0. The number of halogens is 4. The largest absolute Gasteiger partial charge is 0.386 e. The van der Waals surface area contributed by atoms with E-state index in [9.17, 15) is 18.3 Å². The summed E-state index contributed by atoms with van der Waals surface area (Å²) in [6.07, 6.45) is -1.21. The van der Waals surface area contributed by atoms with Crippen LogP contribution in [0.4, 0.5) is 13.2 Å². The number of hydrogen-bond acceptors (Lipinski definition) is 2. The zero-order valence-electron chi connectivity index (χ0n) is 10.3. The maximum Gasteiger partial charge on any atom is 0.159 e. The number of hydrogen-bond donors (Lipinski definition) is 2. The fourth-order valence-electron chi connectivity index (χ4n) is 1.77. The van der Waals surface area contributed by atoms with Crippen molar-refractivity contribution in [2.45, 2.75) is 12.1 Å². The molecular formula is C14H13ClF3NO. The van der Waals surface area contributed by atoms with Crippen LogP contribution in [0.25, 0.3) is 0 Å². The first-order valence-corrected chi connectivity index (χ1v) is 5.63. The first kappa shape index (κ1) is 16.5. The van der Waals surface area contributed by atoms with E-state index in [1.54, 1.807) is 0 Å². The predicted octanol–water partition coefficient (Wildman–Crippen LogP) is 3.26. The van der Waals surface area contributed by atoms with E-state index in [-0.39, 0.29) is 18.0 Å². The lowest BCUT2D eigenvalue weighted by Crippen LogP contribution is -2.19. The summed E-state index contributed by atoms with van der Waals surface area (Å²) >= 11 is 0. The first-order chi connectivity index (χ1) is 8.99. The van der Waals surface area contributed by atoms with Gasteiger partial charge >= 0.3 is 0 Å². The Bertz CT molecular complexity index is 577. The summed E-state index contributed by atoms with van der Waals surface area (Å²) in [5, 5.41) is 10.0. The normalized spacial score (nSPS) is 13.4. The van der Waals surface area contributed by atoms with E-state index >= 15 is 0 Å². The van der Waals surface area contributed by atoms with Gasteiger partial charge in [0, 0.05) is 0 Å². The summed E-state index contributed by atoms with van der Waals surface area (Å²) in [7, 11) is 0. The molecule has 0 bridgehead atoms. The molecule has 0 amide bonds.